The number of nitrogens with one attached hydrogen (secondary N) is 2. The summed E-state index contributed by atoms with van der Waals surface area (Å²) in [5.41, 5.74) is 3.15. The summed E-state index contributed by atoms with van der Waals surface area (Å²) < 4.78 is 0. The van der Waals surface area contributed by atoms with Crippen molar-refractivity contribution in [2.45, 2.75) is 0 Å². The molecule has 6 nitrogen and oxygen atoms in total. The van der Waals surface area contributed by atoms with Gasteiger partial charge in [-0.15, -0.1) is 4.94 Å². The summed E-state index contributed by atoms with van der Waals surface area (Å²) in [5.74, 6) is -3.65. The van der Waals surface area contributed by atoms with E-state index in [0.29, 0.717) is 20.8 Å². The largest absolute Gasteiger partial charge is 0.473 e. The molecule has 0 aliphatic heterocycles. The predicted molar refractivity (Wildman–Crippen MR) is 69.4 cm³/mol. The molecule has 0 atom stereocenters. The summed E-state index contributed by atoms with van der Waals surface area (Å²) in [7, 11) is 0. The summed E-state index contributed by atoms with van der Waals surface area (Å²) in [6, 6.07) is 3.10. The highest BCUT2D eigenvalue weighted by atomic mass is 35.5. The van der Waals surface area contributed by atoms with Crippen LogP contribution < -0.4 is 10.4 Å². The van der Waals surface area contributed by atoms with Crippen LogP contribution in [-0.2, 0) is 9.59 Å². The highest BCUT2D eigenvalue weighted by Crippen LogP contribution is 2.31. The highest BCUT2D eigenvalue weighted by Gasteiger charge is 2.04. The SMILES string of the molecule is ClNNc1cc(Cl)c(Cl)cc1Cl.O=C(O)C(=O)O. The van der Waals surface area contributed by atoms with E-state index in [1.165, 1.54) is 6.07 Å². The second-order valence-corrected chi connectivity index (χ2v) is 3.99. The number of hydrogen-bond acceptors (Lipinski definition) is 4. The van der Waals surface area contributed by atoms with Crippen molar-refractivity contribution < 1.29 is 19.8 Å². The fourth-order valence-corrected chi connectivity index (χ4v) is 1.37. The fourth-order valence-electron chi connectivity index (χ4n) is 0.669. The molecule has 0 unspecified atom stereocenters. The van der Waals surface area contributed by atoms with Gasteiger partial charge in [0.25, 0.3) is 0 Å². The van der Waals surface area contributed by atoms with Gasteiger partial charge in [-0.3, -0.25) is 0 Å². The van der Waals surface area contributed by atoms with Gasteiger partial charge in [-0.05, 0) is 23.9 Å². The summed E-state index contributed by atoms with van der Waals surface area (Å²) in [6.07, 6.45) is 0. The van der Waals surface area contributed by atoms with Gasteiger partial charge in [0.1, 0.15) is 0 Å². The van der Waals surface area contributed by atoms with Crippen molar-refractivity contribution in [3.63, 3.8) is 0 Å². The normalized spacial score (nSPS) is 9.11. The first-order valence-electron chi connectivity index (χ1n) is 4.02. The lowest BCUT2D eigenvalue weighted by atomic mass is 10.3. The zero-order chi connectivity index (χ0) is 14.3. The molecule has 0 saturated carbocycles. The van der Waals surface area contributed by atoms with Crippen molar-refractivity contribution in [1.29, 1.82) is 0 Å². The second kappa shape index (κ2) is 8.23. The molecule has 0 bridgehead atoms. The molecular weight excluding hydrogens is 330 g/mol. The smallest absolute Gasteiger partial charge is 0.414 e. The van der Waals surface area contributed by atoms with Gasteiger partial charge in [0.15, 0.2) is 0 Å². The molecule has 0 saturated heterocycles. The number of carbonyl (C=O) groups is 2. The summed E-state index contributed by atoms with van der Waals surface area (Å²) in [5, 5.41) is 16.0. The van der Waals surface area contributed by atoms with E-state index in [9.17, 15) is 0 Å². The molecule has 1 aromatic rings. The number of rotatable bonds is 2. The van der Waals surface area contributed by atoms with Crippen LogP contribution in [0.25, 0.3) is 0 Å². The monoisotopic (exact) mass is 334 g/mol. The van der Waals surface area contributed by atoms with Crippen LogP contribution in [0.15, 0.2) is 12.1 Å². The van der Waals surface area contributed by atoms with Crippen molar-refractivity contribution in [3.8, 4) is 0 Å². The van der Waals surface area contributed by atoms with Gasteiger partial charge in [0, 0.05) is 0 Å². The van der Waals surface area contributed by atoms with Crippen LogP contribution >= 0.6 is 46.6 Å². The van der Waals surface area contributed by atoms with E-state index >= 15 is 0 Å². The first kappa shape index (κ1) is 17.1. The van der Waals surface area contributed by atoms with Crippen LogP contribution in [0.1, 0.15) is 0 Å². The van der Waals surface area contributed by atoms with E-state index in [1.54, 1.807) is 6.07 Å². The third-order valence-corrected chi connectivity index (χ3v) is 2.50. The molecule has 18 heavy (non-hydrogen) atoms. The fraction of sp³-hybridized carbons (Fsp3) is 0. The highest BCUT2D eigenvalue weighted by molar-refractivity contribution is 6.44. The molecule has 0 heterocycles. The molecule has 0 fully saturated rings. The van der Waals surface area contributed by atoms with Gasteiger partial charge in [0.05, 0.1) is 20.8 Å². The Balaban J connectivity index is 0.000000411. The summed E-state index contributed by atoms with van der Waals surface area (Å²) in [4.78, 5) is 20.4. The average Bonchev–Trinajstić information content (AvgIpc) is 2.27. The number of hydrazine groups is 1. The molecule has 0 aliphatic carbocycles. The molecule has 4 N–H and O–H groups in total. The van der Waals surface area contributed by atoms with E-state index in [-0.39, 0.29) is 0 Å². The number of hydrogen-bond donors (Lipinski definition) is 4. The molecule has 0 aromatic heterocycles. The quantitative estimate of drug-likeness (QED) is 0.287. The third-order valence-electron chi connectivity index (χ3n) is 1.37. The first-order chi connectivity index (χ1) is 8.29. The van der Waals surface area contributed by atoms with E-state index in [4.69, 9.17) is 66.4 Å². The van der Waals surface area contributed by atoms with Gasteiger partial charge in [-0.2, -0.15) is 0 Å². The average molecular weight is 336 g/mol. The van der Waals surface area contributed by atoms with Crippen LogP contribution in [0.3, 0.4) is 0 Å². The van der Waals surface area contributed by atoms with Crippen LogP contribution in [0, 0.1) is 0 Å². The lowest BCUT2D eigenvalue weighted by Crippen LogP contribution is -2.09. The maximum Gasteiger partial charge on any atom is 0.414 e. The van der Waals surface area contributed by atoms with Crippen molar-refractivity contribution in [3.05, 3.63) is 27.2 Å². The molecule has 1 aromatic carbocycles. The number of aliphatic carboxylic acids is 2. The summed E-state index contributed by atoms with van der Waals surface area (Å²) >= 11 is 22.4. The van der Waals surface area contributed by atoms with E-state index < -0.39 is 11.9 Å². The minimum Gasteiger partial charge on any atom is -0.473 e. The Hall–Kier alpha value is -0.920. The van der Waals surface area contributed by atoms with Crippen molar-refractivity contribution in [2.75, 3.05) is 5.43 Å². The van der Waals surface area contributed by atoms with Crippen LogP contribution in [0.4, 0.5) is 5.69 Å². The molecular formula is C8H6Cl4N2O4. The number of benzene rings is 1. The maximum absolute atomic E-state index is 9.10. The minimum atomic E-state index is -1.82. The van der Waals surface area contributed by atoms with Gasteiger partial charge in [0.2, 0.25) is 0 Å². The van der Waals surface area contributed by atoms with Gasteiger partial charge in [-0.1, -0.05) is 34.8 Å². The van der Waals surface area contributed by atoms with Gasteiger partial charge < -0.3 is 15.6 Å². The van der Waals surface area contributed by atoms with E-state index in [2.05, 4.69) is 10.4 Å². The lowest BCUT2D eigenvalue weighted by molar-refractivity contribution is -0.159. The maximum atomic E-state index is 9.10. The molecule has 100 valence electrons. The molecule has 0 spiro atoms. The van der Waals surface area contributed by atoms with E-state index in [1.807, 2.05) is 0 Å². The van der Waals surface area contributed by atoms with Crippen LogP contribution in [-0.4, -0.2) is 22.2 Å². The van der Waals surface area contributed by atoms with E-state index in [0.717, 1.165) is 0 Å². The zero-order valence-electron chi connectivity index (χ0n) is 8.38. The Labute approximate surface area is 121 Å². The minimum absolute atomic E-state index is 0.404. The van der Waals surface area contributed by atoms with Crippen LogP contribution in [0.2, 0.25) is 15.1 Å². The number of halogens is 4. The van der Waals surface area contributed by atoms with Gasteiger partial charge >= 0.3 is 11.9 Å². The molecule has 10 heteroatoms. The zero-order valence-corrected chi connectivity index (χ0v) is 11.4. The molecule has 0 amide bonds. The topological polar surface area (TPSA) is 98.7 Å². The van der Waals surface area contributed by atoms with Gasteiger partial charge in [-0.25, -0.2) is 9.59 Å². The lowest BCUT2D eigenvalue weighted by Gasteiger charge is -2.06. The van der Waals surface area contributed by atoms with Crippen molar-refractivity contribution in [1.82, 2.24) is 4.94 Å². The molecule has 0 radical (unpaired) electrons. The van der Waals surface area contributed by atoms with Crippen LogP contribution in [0.5, 0.6) is 0 Å². The Morgan fingerprint density at radius 1 is 0.944 bits per heavy atom. The number of anilines is 1. The Bertz CT molecular complexity index is 443. The summed E-state index contributed by atoms with van der Waals surface area (Å²) in [6.45, 7) is 0. The second-order valence-electron chi connectivity index (χ2n) is 2.58. The molecule has 0 aliphatic rings. The number of carboxylic acid groups (broad SMARTS) is 2. The Morgan fingerprint density at radius 2 is 1.39 bits per heavy atom. The van der Waals surface area contributed by atoms with Crippen molar-refractivity contribution >= 4 is 64.2 Å². The Kier molecular flexibility index (Phi) is 7.81. The Morgan fingerprint density at radius 3 is 1.78 bits per heavy atom. The van der Waals surface area contributed by atoms with Crippen molar-refractivity contribution in [2.24, 2.45) is 0 Å². The standard InChI is InChI=1S/C6H4Cl4N2.C2H2O4/c7-3-1-5(9)6(11-12-10)2-4(3)8;3-1(4)2(5)6/h1-2,11-12H;(H,3,4)(H,5,6). The predicted octanol–water partition coefficient (Wildman–Crippen LogP) is 2.87. The first-order valence-corrected chi connectivity index (χ1v) is 5.53. The number of carboxylic acids is 2. The third kappa shape index (κ3) is 6.13. The molecule has 1 rings (SSSR count).